The number of alkyl halides is 4. The molecule has 2 aromatic rings. The average molecular weight is 274 g/mol. The van der Waals surface area contributed by atoms with Gasteiger partial charge in [0.15, 0.2) is 0 Å². The molecule has 0 bridgehead atoms. The van der Waals surface area contributed by atoms with E-state index in [0.29, 0.717) is 11.3 Å². The smallest absolute Gasteiger partial charge is 0.324 e. The predicted octanol–water partition coefficient (Wildman–Crippen LogP) is 2.43. The van der Waals surface area contributed by atoms with E-state index in [-0.39, 0.29) is 5.69 Å². The molecule has 2 aromatic heterocycles. The molecule has 2 N–H and O–H groups in total. The van der Waals surface area contributed by atoms with Gasteiger partial charge >= 0.3 is 12.3 Å². The fourth-order valence-electron chi connectivity index (χ4n) is 1.59. The lowest BCUT2D eigenvalue weighted by Crippen LogP contribution is -2.32. The maximum atomic E-state index is 13.1. The minimum absolute atomic E-state index is 0.214. The highest BCUT2D eigenvalue weighted by atomic mass is 19.3. The fourth-order valence-corrected chi connectivity index (χ4v) is 1.59. The molecule has 0 aliphatic carbocycles. The van der Waals surface area contributed by atoms with Crippen LogP contribution in [0.15, 0.2) is 31.0 Å². The zero-order valence-electron chi connectivity index (χ0n) is 9.60. The second kappa shape index (κ2) is 4.87. The van der Waals surface area contributed by atoms with Crippen LogP contribution < -0.4 is 5.73 Å². The number of nitrogens with zero attached hydrogens (tertiary/aromatic N) is 3. The van der Waals surface area contributed by atoms with Gasteiger partial charge in [0.25, 0.3) is 0 Å². The van der Waals surface area contributed by atoms with Gasteiger partial charge in [-0.3, -0.25) is 4.98 Å². The van der Waals surface area contributed by atoms with Crippen molar-refractivity contribution in [3.63, 3.8) is 0 Å². The second-order valence-electron chi connectivity index (χ2n) is 3.93. The van der Waals surface area contributed by atoms with Crippen LogP contribution in [0.4, 0.5) is 23.2 Å². The highest BCUT2D eigenvalue weighted by molar-refractivity contribution is 5.72. The number of nitrogen functional groups attached to an aromatic ring is 1. The van der Waals surface area contributed by atoms with E-state index in [4.69, 9.17) is 5.73 Å². The minimum Gasteiger partial charge on any atom is -0.398 e. The Hall–Kier alpha value is -2.12. The molecular formula is C11H10F4N4. The summed E-state index contributed by atoms with van der Waals surface area (Å²) in [6.07, 6.45) is 1.39. The second-order valence-corrected chi connectivity index (χ2v) is 3.93. The van der Waals surface area contributed by atoms with E-state index in [9.17, 15) is 17.6 Å². The van der Waals surface area contributed by atoms with Gasteiger partial charge in [0.2, 0.25) is 0 Å². The Kier molecular flexibility index (Phi) is 3.41. The van der Waals surface area contributed by atoms with E-state index in [2.05, 4.69) is 9.97 Å². The first kappa shape index (κ1) is 13.3. The molecule has 0 spiro atoms. The lowest BCUT2D eigenvalue weighted by molar-refractivity contribution is -0.137. The molecule has 0 aliphatic rings. The number of aromatic nitrogens is 3. The monoisotopic (exact) mass is 274 g/mol. The zero-order chi connectivity index (χ0) is 14.0. The minimum atomic E-state index is -4.13. The Morgan fingerprint density at radius 2 is 2.00 bits per heavy atom. The summed E-state index contributed by atoms with van der Waals surface area (Å²) in [6.45, 7) is -1.17. The molecular weight excluding hydrogens is 264 g/mol. The quantitative estimate of drug-likeness (QED) is 0.871. The van der Waals surface area contributed by atoms with E-state index in [1.165, 1.54) is 24.7 Å². The van der Waals surface area contributed by atoms with Gasteiger partial charge in [0.05, 0.1) is 24.8 Å². The normalized spacial score (nSPS) is 12.1. The van der Waals surface area contributed by atoms with E-state index in [1.807, 2.05) is 0 Å². The van der Waals surface area contributed by atoms with Crippen molar-refractivity contribution in [2.45, 2.75) is 18.9 Å². The Bertz CT molecular complexity index is 567. The van der Waals surface area contributed by atoms with Gasteiger partial charge in [-0.25, -0.2) is 13.8 Å². The zero-order valence-corrected chi connectivity index (χ0v) is 9.60. The van der Waals surface area contributed by atoms with Crippen molar-refractivity contribution in [2.75, 3.05) is 5.73 Å². The first-order valence-corrected chi connectivity index (χ1v) is 5.28. The van der Waals surface area contributed by atoms with Crippen LogP contribution in [0.3, 0.4) is 0 Å². The fraction of sp³-hybridized carbons (Fsp3) is 0.273. The molecule has 2 heterocycles. The molecule has 0 radical (unpaired) electrons. The Balaban J connectivity index is 2.36. The molecule has 0 atom stereocenters. The van der Waals surface area contributed by atoms with Crippen molar-refractivity contribution in [3.05, 3.63) is 31.0 Å². The molecule has 0 amide bonds. The van der Waals surface area contributed by atoms with Crippen molar-refractivity contribution in [2.24, 2.45) is 0 Å². The van der Waals surface area contributed by atoms with Crippen molar-refractivity contribution in [1.82, 2.24) is 14.5 Å². The van der Waals surface area contributed by atoms with Crippen LogP contribution in [0.1, 0.15) is 0 Å². The van der Waals surface area contributed by atoms with Crippen molar-refractivity contribution in [1.29, 1.82) is 0 Å². The van der Waals surface area contributed by atoms with Crippen LogP contribution in [0.5, 0.6) is 0 Å². The van der Waals surface area contributed by atoms with Crippen LogP contribution in [-0.4, -0.2) is 26.9 Å². The van der Waals surface area contributed by atoms with Gasteiger partial charge in [0, 0.05) is 23.6 Å². The number of halogens is 4. The summed E-state index contributed by atoms with van der Waals surface area (Å²) in [6, 6.07) is 1.48. The van der Waals surface area contributed by atoms with Crippen molar-refractivity contribution < 1.29 is 17.6 Å². The first-order chi connectivity index (χ1) is 8.92. The van der Waals surface area contributed by atoms with Gasteiger partial charge in [-0.05, 0) is 6.07 Å². The van der Waals surface area contributed by atoms with E-state index < -0.39 is 18.9 Å². The Labute approximate surface area is 105 Å². The Morgan fingerprint density at radius 1 is 1.26 bits per heavy atom. The molecule has 0 aromatic carbocycles. The van der Waals surface area contributed by atoms with Gasteiger partial charge < -0.3 is 10.3 Å². The molecule has 8 heteroatoms. The molecule has 4 nitrogen and oxygen atoms in total. The summed E-state index contributed by atoms with van der Waals surface area (Å²) >= 11 is 0. The lowest BCUT2D eigenvalue weighted by atomic mass is 10.2. The van der Waals surface area contributed by atoms with E-state index in [1.54, 1.807) is 0 Å². The number of pyridine rings is 1. The average Bonchev–Trinajstić information content (AvgIpc) is 2.77. The van der Waals surface area contributed by atoms with Gasteiger partial charge in [0.1, 0.15) is 0 Å². The first-order valence-electron chi connectivity index (χ1n) is 5.28. The van der Waals surface area contributed by atoms with Crippen LogP contribution in [-0.2, 0) is 6.54 Å². The number of hydrogen-bond acceptors (Lipinski definition) is 3. The molecule has 2 rings (SSSR count). The third kappa shape index (κ3) is 2.67. The van der Waals surface area contributed by atoms with Crippen molar-refractivity contribution in [3.8, 4) is 11.3 Å². The molecule has 0 saturated carbocycles. The summed E-state index contributed by atoms with van der Waals surface area (Å²) in [7, 11) is 0. The standard InChI is InChI=1S/C11H10F4N4/c12-10(13)11(14,15)5-19-6-18-4-9(19)7-3-17-2-1-8(7)16/h1-4,6,10H,5H2,(H2,16,17). The van der Waals surface area contributed by atoms with Crippen LogP contribution >= 0.6 is 0 Å². The molecule has 0 fully saturated rings. The maximum absolute atomic E-state index is 13.1. The molecule has 0 unspecified atom stereocenters. The topological polar surface area (TPSA) is 56.7 Å². The summed E-state index contributed by atoms with van der Waals surface area (Å²) < 4.78 is 51.4. The molecule has 102 valence electrons. The molecule has 19 heavy (non-hydrogen) atoms. The molecule has 0 aliphatic heterocycles. The largest absolute Gasteiger partial charge is 0.398 e. The summed E-state index contributed by atoms with van der Waals surface area (Å²) in [5.41, 5.74) is 6.57. The highest BCUT2D eigenvalue weighted by Crippen LogP contribution is 2.29. The summed E-state index contributed by atoms with van der Waals surface area (Å²) in [5.74, 6) is -4.13. The SMILES string of the molecule is Nc1ccncc1-c1cncn1CC(F)(F)C(F)F. The third-order valence-corrected chi connectivity index (χ3v) is 2.54. The summed E-state index contributed by atoms with van der Waals surface area (Å²) in [5, 5.41) is 0. The Morgan fingerprint density at radius 3 is 2.63 bits per heavy atom. The van der Waals surface area contributed by atoms with Crippen LogP contribution in [0.2, 0.25) is 0 Å². The van der Waals surface area contributed by atoms with E-state index >= 15 is 0 Å². The number of rotatable bonds is 4. The predicted molar refractivity (Wildman–Crippen MR) is 60.8 cm³/mol. The maximum Gasteiger partial charge on any atom is 0.324 e. The van der Waals surface area contributed by atoms with E-state index in [0.717, 1.165) is 10.9 Å². The van der Waals surface area contributed by atoms with Crippen molar-refractivity contribution >= 4 is 5.69 Å². The number of nitrogens with two attached hydrogens (primary N) is 1. The van der Waals surface area contributed by atoms with Crippen LogP contribution in [0.25, 0.3) is 11.3 Å². The third-order valence-electron chi connectivity index (χ3n) is 2.54. The van der Waals surface area contributed by atoms with Gasteiger partial charge in [-0.2, -0.15) is 8.78 Å². The number of hydrogen-bond donors (Lipinski definition) is 1. The molecule has 0 saturated heterocycles. The summed E-state index contributed by atoms with van der Waals surface area (Å²) in [4.78, 5) is 7.50. The van der Waals surface area contributed by atoms with Gasteiger partial charge in [-0.15, -0.1) is 0 Å². The van der Waals surface area contributed by atoms with Crippen LogP contribution in [0, 0.1) is 0 Å². The lowest BCUT2D eigenvalue weighted by Gasteiger charge is -2.17. The number of anilines is 1. The van der Waals surface area contributed by atoms with Gasteiger partial charge in [-0.1, -0.05) is 0 Å². The highest BCUT2D eigenvalue weighted by Gasteiger charge is 2.41. The number of imidazole rings is 1.